The van der Waals surface area contributed by atoms with E-state index in [4.69, 9.17) is 9.97 Å². The minimum Gasteiger partial charge on any atom is -0.453 e. The van der Waals surface area contributed by atoms with Gasteiger partial charge in [-0.3, -0.25) is 9.59 Å². The number of alkyl carbamates (subject to hydrolysis) is 1. The first-order valence-electron chi connectivity index (χ1n) is 20.2. The van der Waals surface area contributed by atoms with Gasteiger partial charge in [-0.2, -0.15) is 0 Å². The lowest BCUT2D eigenvalue weighted by atomic mass is 9.87. The zero-order valence-electron chi connectivity index (χ0n) is 33.4. The molecule has 0 bridgehead atoms. The van der Waals surface area contributed by atoms with E-state index in [0.29, 0.717) is 6.54 Å². The minimum atomic E-state index is -0.645. The van der Waals surface area contributed by atoms with Crippen LogP contribution in [0.15, 0.2) is 72.8 Å². The standard InChI is InChI=1S/C45H52N8O4/c1-27(2)40(46-4)42(55)52-22-8-6-16-38(52)41-48-34-19-17-28(24-36(34)49-41)30-12-10-15-33-31(13-11-14-32(30)33)29-18-20-35-37(25-29)51-43(50-35)45(3)21-7-9-23-53(45)39(54)26-47-44(56)57-5/h10-15,17-20,24-25,27,38,40,46H,6-9,16,21-23,26H2,1-5H3,(H,47,56)(H,48,49)(H,50,51)/t38?,40-,45+/m0/s1. The van der Waals surface area contributed by atoms with E-state index in [1.807, 2.05) is 29.8 Å². The smallest absolute Gasteiger partial charge is 0.407 e. The van der Waals surface area contributed by atoms with Crippen molar-refractivity contribution in [3.63, 3.8) is 0 Å². The summed E-state index contributed by atoms with van der Waals surface area (Å²) in [5, 5.41) is 8.04. The summed E-state index contributed by atoms with van der Waals surface area (Å²) in [6.07, 6.45) is 4.94. The number of ether oxygens (including phenoxy) is 1. The lowest BCUT2D eigenvalue weighted by Crippen LogP contribution is -2.53. The Kier molecular flexibility index (Phi) is 10.5. The Morgan fingerprint density at radius 3 is 2.16 bits per heavy atom. The second-order valence-electron chi connectivity index (χ2n) is 16.1. The van der Waals surface area contributed by atoms with Crippen molar-refractivity contribution in [1.29, 1.82) is 0 Å². The van der Waals surface area contributed by atoms with Crippen molar-refractivity contribution in [2.24, 2.45) is 5.92 Å². The molecule has 2 fully saturated rings. The molecular weight excluding hydrogens is 717 g/mol. The highest BCUT2D eigenvalue weighted by Gasteiger charge is 2.41. The number of piperidine rings is 2. The third kappa shape index (κ3) is 7.11. The Bertz CT molecular complexity index is 2470. The first kappa shape index (κ1) is 38.1. The second kappa shape index (κ2) is 15.7. The molecule has 0 saturated carbocycles. The molecule has 3 amide bonds. The number of nitrogens with one attached hydrogen (secondary N) is 4. The monoisotopic (exact) mass is 768 g/mol. The van der Waals surface area contributed by atoms with Gasteiger partial charge in [-0.1, -0.05) is 62.4 Å². The molecule has 2 saturated heterocycles. The molecule has 0 spiro atoms. The Labute approximate surface area is 332 Å². The van der Waals surface area contributed by atoms with Gasteiger partial charge in [0.1, 0.15) is 18.2 Å². The van der Waals surface area contributed by atoms with Gasteiger partial charge in [0.25, 0.3) is 0 Å². The van der Waals surface area contributed by atoms with Crippen molar-refractivity contribution in [2.75, 3.05) is 33.8 Å². The van der Waals surface area contributed by atoms with Crippen LogP contribution in [-0.2, 0) is 19.9 Å². The first-order chi connectivity index (χ1) is 27.6. The third-order valence-corrected chi connectivity index (χ3v) is 12.1. The lowest BCUT2D eigenvalue weighted by molar-refractivity contribution is -0.139. The molecule has 4 heterocycles. The summed E-state index contributed by atoms with van der Waals surface area (Å²) < 4.78 is 4.67. The van der Waals surface area contributed by atoms with Crippen molar-refractivity contribution >= 4 is 50.7 Å². The number of benzene rings is 4. The highest BCUT2D eigenvalue weighted by molar-refractivity contribution is 6.05. The molecule has 4 aromatic carbocycles. The summed E-state index contributed by atoms with van der Waals surface area (Å²) in [6, 6.07) is 25.3. The number of methoxy groups -OCH3 is 1. The number of imidazole rings is 2. The van der Waals surface area contributed by atoms with Crippen LogP contribution in [0.4, 0.5) is 4.79 Å². The SMILES string of the molecule is CN[C@H](C(=O)N1CCCCC1c1nc2ccc(-c3cccc4c(-c5ccc6nc([C@@]7(C)CCCCN7C(=O)CNC(=O)OC)[nH]c6c5)cccc34)cc2[nH]1)C(C)C. The molecule has 0 radical (unpaired) electrons. The molecule has 2 aromatic heterocycles. The van der Waals surface area contributed by atoms with Crippen LogP contribution in [0.5, 0.6) is 0 Å². The Balaban J connectivity index is 1.09. The molecule has 0 aliphatic carbocycles. The lowest BCUT2D eigenvalue weighted by Gasteiger charge is -2.43. The topological polar surface area (TPSA) is 148 Å². The number of carbonyl (C=O) groups is 3. The fourth-order valence-corrected chi connectivity index (χ4v) is 9.08. The van der Waals surface area contributed by atoms with Crippen LogP contribution < -0.4 is 10.6 Å². The van der Waals surface area contributed by atoms with Gasteiger partial charge in [0.15, 0.2) is 0 Å². The van der Waals surface area contributed by atoms with E-state index in [-0.39, 0.29) is 36.4 Å². The molecule has 57 heavy (non-hydrogen) atoms. The van der Waals surface area contributed by atoms with Crippen molar-refractivity contribution in [1.82, 2.24) is 40.4 Å². The zero-order valence-corrected chi connectivity index (χ0v) is 33.4. The van der Waals surface area contributed by atoms with Crippen LogP contribution in [-0.4, -0.2) is 87.5 Å². The van der Waals surface area contributed by atoms with Crippen molar-refractivity contribution < 1.29 is 19.1 Å². The average molecular weight is 769 g/mol. The molecular formula is C45H52N8O4. The summed E-state index contributed by atoms with van der Waals surface area (Å²) in [5.74, 6) is 1.74. The third-order valence-electron chi connectivity index (χ3n) is 12.1. The molecule has 12 heteroatoms. The van der Waals surface area contributed by atoms with Gasteiger partial charge in [-0.05, 0) is 116 Å². The number of hydrogen-bond donors (Lipinski definition) is 4. The van der Waals surface area contributed by atoms with E-state index in [1.165, 1.54) is 7.11 Å². The van der Waals surface area contributed by atoms with Crippen molar-refractivity contribution in [3.05, 3.63) is 84.4 Å². The van der Waals surface area contributed by atoms with Crippen LogP contribution in [0.2, 0.25) is 0 Å². The number of fused-ring (bicyclic) bond motifs is 3. The molecule has 1 unspecified atom stereocenters. The summed E-state index contributed by atoms with van der Waals surface area (Å²) in [5.41, 5.74) is 7.30. The largest absolute Gasteiger partial charge is 0.453 e. The van der Waals surface area contributed by atoms with Gasteiger partial charge in [0.2, 0.25) is 11.8 Å². The Morgan fingerprint density at radius 2 is 1.51 bits per heavy atom. The highest BCUT2D eigenvalue weighted by atomic mass is 16.5. The van der Waals surface area contributed by atoms with E-state index >= 15 is 0 Å². The van der Waals surface area contributed by atoms with E-state index in [9.17, 15) is 14.4 Å². The van der Waals surface area contributed by atoms with E-state index in [1.54, 1.807) is 0 Å². The second-order valence-corrected chi connectivity index (χ2v) is 16.1. The first-order valence-corrected chi connectivity index (χ1v) is 20.2. The molecule has 12 nitrogen and oxygen atoms in total. The van der Waals surface area contributed by atoms with Crippen LogP contribution in [0.1, 0.15) is 77.0 Å². The molecule has 2 aliphatic rings. The maximum atomic E-state index is 13.7. The number of carbonyl (C=O) groups excluding carboxylic acids is 3. The number of aromatic nitrogens is 4. The van der Waals surface area contributed by atoms with Gasteiger partial charge in [0.05, 0.1) is 46.8 Å². The highest BCUT2D eigenvalue weighted by Crippen LogP contribution is 2.40. The normalized spacial score (nSPS) is 19.4. The van der Waals surface area contributed by atoms with E-state index in [2.05, 4.69) is 106 Å². The number of amides is 3. The van der Waals surface area contributed by atoms with Crippen molar-refractivity contribution in [3.8, 4) is 22.3 Å². The molecule has 3 atom stereocenters. The number of likely N-dealkylation sites (tertiary alicyclic amines) is 2. The Hall–Kier alpha value is -5.75. The van der Waals surface area contributed by atoms with E-state index < -0.39 is 11.6 Å². The van der Waals surface area contributed by atoms with Gasteiger partial charge >= 0.3 is 6.09 Å². The summed E-state index contributed by atoms with van der Waals surface area (Å²) >= 11 is 0. The number of H-pyrrole nitrogens is 2. The molecule has 6 aromatic rings. The number of hydrogen-bond acceptors (Lipinski definition) is 7. The predicted molar refractivity (Wildman–Crippen MR) is 223 cm³/mol. The van der Waals surface area contributed by atoms with Crippen LogP contribution >= 0.6 is 0 Å². The van der Waals surface area contributed by atoms with Gasteiger partial charge in [-0.15, -0.1) is 0 Å². The maximum Gasteiger partial charge on any atom is 0.407 e. The number of likely N-dealkylation sites (N-methyl/N-ethyl adjacent to an activating group) is 1. The van der Waals surface area contributed by atoms with E-state index in [0.717, 1.165) is 112 Å². The average Bonchev–Trinajstić information content (AvgIpc) is 3.87. The van der Waals surface area contributed by atoms with Crippen LogP contribution in [0.25, 0.3) is 55.1 Å². The molecule has 4 N–H and O–H groups in total. The predicted octanol–water partition coefficient (Wildman–Crippen LogP) is 7.81. The maximum absolute atomic E-state index is 13.7. The molecule has 8 rings (SSSR count). The van der Waals surface area contributed by atoms with Gasteiger partial charge < -0.3 is 35.1 Å². The summed E-state index contributed by atoms with van der Waals surface area (Å²) in [4.78, 5) is 59.8. The molecule has 2 aliphatic heterocycles. The zero-order chi connectivity index (χ0) is 39.8. The fourth-order valence-electron chi connectivity index (χ4n) is 9.08. The molecule has 296 valence electrons. The van der Waals surface area contributed by atoms with Gasteiger partial charge in [0, 0.05) is 13.1 Å². The fraction of sp³-hybridized carbons (Fsp3) is 0.400. The quantitative estimate of drug-likeness (QED) is 0.117. The van der Waals surface area contributed by atoms with Crippen LogP contribution in [0, 0.1) is 5.92 Å². The number of nitrogens with zero attached hydrogens (tertiary/aromatic N) is 4. The number of aromatic amines is 2. The number of rotatable bonds is 9. The summed E-state index contributed by atoms with van der Waals surface area (Å²) in [7, 11) is 3.15. The minimum absolute atomic E-state index is 0.0811. The van der Waals surface area contributed by atoms with Crippen LogP contribution in [0.3, 0.4) is 0 Å². The van der Waals surface area contributed by atoms with Gasteiger partial charge in [-0.25, -0.2) is 14.8 Å². The summed E-state index contributed by atoms with van der Waals surface area (Å²) in [6.45, 7) is 7.40. The van der Waals surface area contributed by atoms with Crippen molar-refractivity contribution in [2.45, 2.75) is 76.9 Å². The Morgan fingerprint density at radius 1 is 0.860 bits per heavy atom.